The number of carbonyl (C=O) groups is 1. The number of ether oxygens (including phenoxy) is 1. The summed E-state index contributed by atoms with van der Waals surface area (Å²) in [5.74, 6) is 0.105. The van der Waals surface area contributed by atoms with Crippen LogP contribution >= 0.6 is 0 Å². The first-order valence-corrected chi connectivity index (χ1v) is 6.60. The Kier molecular flexibility index (Phi) is 4.36. The number of aromatic nitrogens is 2. The minimum absolute atomic E-state index is 0.105. The van der Waals surface area contributed by atoms with E-state index < -0.39 is 0 Å². The molecule has 0 fully saturated rings. The number of rotatable bonds is 5. The Hall–Kier alpha value is -1.36. The number of hydrogen-bond acceptors (Lipinski definition) is 3. The van der Waals surface area contributed by atoms with Crippen LogP contribution in [0.15, 0.2) is 0 Å². The molecule has 5 heteroatoms. The molecular weight excluding hydrogens is 230 g/mol. The molecule has 2 rings (SSSR count). The zero-order valence-electron chi connectivity index (χ0n) is 11.2. The van der Waals surface area contributed by atoms with Crippen LogP contribution in [0.4, 0.5) is 0 Å². The summed E-state index contributed by atoms with van der Waals surface area (Å²) in [7, 11) is 1.95. The van der Waals surface area contributed by atoms with Gasteiger partial charge in [0.15, 0.2) is 0 Å². The number of carbonyl (C=O) groups excluding carboxylic acids is 1. The summed E-state index contributed by atoms with van der Waals surface area (Å²) in [5, 5.41) is 7.39. The van der Waals surface area contributed by atoms with E-state index in [9.17, 15) is 4.79 Å². The van der Waals surface area contributed by atoms with Crippen LogP contribution in [0.2, 0.25) is 0 Å². The van der Waals surface area contributed by atoms with E-state index in [2.05, 4.69) is 17.3 Å². The molecule has 1 N–H and O–H groups in total. The average Bonchev–Trinajstić information content (AvgIpc) is 2.71. The highest BCUT2D eigenvalue weighted by Gasteiger charge is 2.19. The van der Waals surface area contributed by atoms with Gasteiger partial charge in [0.1, 0.15) is 0 Å². The van der Waals surface area contributed by atoms with Crippen molar-refractivity contribution in [1.82, 2.24) is 15.1 Å². The highest BCUT2D eigenvalue weighted by molar-refractivity contribution is 5.75. The molecular formula is C13H21N3O2. The first-order chi connectivity index (χ1) is 8.72. The number of amides is 1. The van der Waals surface area contributed by atoms with Crippen LogP contribution in [0, 0.1) is 0 Å². The largest absolute Gasteiger partial charge is 0.376 e. The highest BCUT2D eigenvalue weighted by Crippen LogP contribution is 2.19. The summed E-state index contributed by atoms with van der Waals surface area (Å²) >= 11 is 0. The molecule has 100 valence electrons. The van der Waals surface area contributed by atoms with Crippen LogP contribution in [0.5, 0.6) is 0 Å². The number of nitrogens with zero attached hydrogens (tertiary/aromatic N) is 2. The highest BCUT2D eigenvalue weighted by atomic mass is 16.5. The normalized spacial score (nSPS) is 14.3. The minimum atomic E-state index is 0.105. The van der Waals surface area contributed by atoms with E-state index >= 15 is 0 Å². The zero-order valence-corrected chi connectivity index (χ0v) is 11.2. The molecule has 1 aromatic rings. The van der Waals surface area contributed by atoms with Gasteiger partial charge >= 0.3 is 0 Å². The lowest BCUT2D eigenvalue weighted by Gasteiger charge is -2.13. The predicted octanol–water partition coefficient (Wildman–Crippen LogP) is 1.30. The van der Waals surface area contributed by atoms with Gasteiger partial charge in [-0.25, -0.2) is 0 Å². The SMILES string of the molecule is CCCCC(=O)NCc1nn(C)c2c1COCC2. The summed E-state index contributed by atoms with van der Waals surface area (Å²) in [6.07, 6.45) is 3.49. The van der Waals surface area contributed by atoms with Crippen molar-refractivity contribution in [2.75, 3.05) is 6.61 Å². The fourth-order valence-corrected chi connectivity index (χ4v) is 2.24. The van der Waals surface area contributed by atoms with Gasteiger partial charge in [0.25, 0.3) is 0 Å². The number of fused-ring (bicyclic) bond motifs is 1. The third kappa shape index (κ3) is 2.90. The fourth-order valence-electron chi connectivity index (χ4n) is 2.24. The van der Waals surface area contributed by atoms with Crippen molar-refractivity contribution in [2.24, 2.45) is 7.05 Å². The number of aryl methyl sites for hydroxylation is 1. The van der Waals surface area contributed by atoms with E-state index in [1.54, 1.807) is 0 Å². The van der Waals surface area contributed by atoms with E-state index in [-0.39, 0.29) is 5.91 Å². The van der Waals surface area contributed by atoms with Gasteiger partial charge in [0, 0.05) is 31.1 Å². The van der Waals surface area contributed by atoms with Gasteiger partial charge in [-0.15, -0.1) is 0 Å². The Morgan fingerprint density at radius 3 is 3.17 bits per heavy atom. The number of nitrogens with one attached hydrogen (secondary N) is 1. The molecule has 1 aliphatic heterocycles. The molecule has 5 nitrogen and oxygen atoms in total. The van der Waals surface area contributed by atoms with Gasteiger partial charge in [-0.2, -0.15) is 5.10 Å². The molecule has 0 saturated heterocycles. The van der Waals surface area contributed by atoms with Crippen molar-refractivity contribution in [2.45, 2.75) is 45.8 Å². The molecule has 0 radical (unpaired) electrons. The Morgan fingerprint density at radius 2 is 2.39 bits per heavy atom. The summed E-state index contributed by atoms with van der Waals surface area (Å²) < 4.78 is 7.36. The third-order valence-electron chi connectivity index (χ3n) is 3.30. The molecule has 2 heterocycles. The van der Waals surface area contributed by atoms with Gasteiger partial charge in [-0.3, -0.25) is 9.48 Å². The number of unbranched alkanes of at least 4 members (excludes halogenated alkanes) is 1. The Bertz CT molecular complexity index is 426. The van der Waals surface area contributed by atoms with Gasteiger partial charge in [-0.05, 0) is 6.42 Å². The molecule has 0 aliphatic carbocycles. The Balaban J connectivity index is 1.95. The van der Waals surface area contributed by atoms with Gasteiger partial charge < -0.3 is 10.1 Å². The van der Waals surface area contributed by atoms with Crippen LogP contribution in [0.25, 0.3) is 0 Å². The average molecular weight is 251 g/mol. The lowest BCUT2D eigenvalue weighted by atomic mass is 10.1. The second kappa shape index (κ2) is 6.00. The van der Waals surface area contributed by atoms with Crippen molar-refractivity contribution in [1.29, 1.82) is 0 Å². The third-order valence-corrected chi connectivity index (χ3v) is 3.30. The predicted molar refractivity (Wildman–Crippen MR) is 67.9 cm³/mol. The van der Waals surface area contributed by atoms with E-state index in [4.69, 9.17) is 4.74 Å². The van der Waals surface area contributed by atoms with Crippen molar-refractivity contribution in [3.8, 4) is 0 Å². The molecule has 1 aromatic heterocycles. The van der Waals surface area contributed by atoms with Crippen LogP contribution in [-0.2, 0) is 36.2 Å². The maximum absolute atomic E-state index is 11.6. The minimum Gasteiger partial charge on any atom is -0.376 e. The van der Waals surface area contributed by atoms with Crippen molar-refractivity contribution in [3.05, 3.63) is 17.0 Å². The summed E-state index contributed by atoms with van der Waals surface area (Å²) in [4.78, 5) is 11.6. The fraction of sp³-hybridized carbons (Fsp3) is 0.692. The lowest BCUT2D eigenvalue weighted by Crippen LogP contribution is -2.23. The summed E-state index contributed by atoms with van der Waals surface area (Å²) in [6.45, 7) is 3.97. The van der Waals surface area contributed by atoms with Crippen LogP contribution in [0.3, 0.4) is 0 Å². The quantitative estimate of drug-likeness (QED) is 0.858. The molecule has 1 amide bonds. The van der Waals surface area contributed by atoms with Gasteiger partial charge in [-0.1, -0.05) is 13.3 Å². The molecule has 18 heavy (non-hydrogen) atoms. The van der Waals surface area contributed by atoms with Crippen molar-refractivity contribution >= 4 is 5.91 Å². The Labute approximate surface area is 108 Å². The summed E-state index contributed by atoms with van der Waals surface area (Å²) in [5.41, 5.74) is 3.33. The van der Waals surface area contributed by atoms with Crippen molar-refractivity contribution in [3.63, 3.8) is 0 Å². The van der Waals surface area contributed by atoms with Crippen LogP contribution < -0.4 is 5.32 Å². The molecule has 0 spiro atoms. The first kappa shape index (κ1) is 13.1. The monoisotopic (exact) mass is 251 g/mol. The Morgan fingerprint density at radius 1 is 1.56 bits per heavy atom. The maximum atomic E-state index is 11.6. The molecule has 0 unspecified atom stereocenters. The molecule has 0 saturated carbocycles. The smallest absolute Gasteiger partial charge is 0.220 e. The number of hydrogen-bond donors (Lipinski definition) is 1. The first-order valence-electron chi connectivity index (χ1n) is 6.60. The van der Waals surface area contributed by atoms with Gasteiger partial charge in [0.05, 0.1) is 25.5 Å². The van der Waals surface area contributed by atoms with Gasteiger partial charge in [0.2, 0.25) is 5.91 Å². The maximum Gasteiger partial charge on any atom is 0.220 e. The zero-order chi connectivity index (χ0) is 13.0. The van der Waals surface area contributed by atoms with E-state index in [1.165, 1.54) is 5.69 Å². The molecule has 1 aliphatic rings. The second-order valence-corrected chi connectivity index (χ2v) is 4.68. The lowest BCUT2D eigenvalue weighted by molar-refractivity contribution is -0.121. The molecule has 0 aromatic carbocycles. The molecule has 0 atom stereocenters. The van der Waals surface area contributed by atoms with Crippen molar-refractivity contribution < 1.29 is 9.53 Å². The van der Waals surface area contributed by atoms with Crippen LogP contribution in [-0.4, -0.2) is 22.3 Å². The van der Waals surface area contributed by atoms with E-state index in [0.717, 1.165) is 37.1 Å². The van der Waals surface area contributed by atoms with Crippen LogP contribution in [0.1, 0.15) is 43.1 Å². The standard InChI is InChI=1S/C13H21N3O2/c1-3-4-5-13(17)14-8-11-10-9-18-7-6-12(10)16(2)15-11/h3-9H2,1-2H3,(H,14,17). The van der Waals surface area contributed by atoms with E-state index in [0.29, 0.717) is 19.6 Å². The summed E-state index contributed by atoms with van der Waals surface area (Å²) in [6, 6.07) is 0. The van der Waals surface area contributed by atoms with E-state index in [1.807, 2.05) is 11.7 Å². The topological polar surface area (TPSA) is 56.2 Å². The molecule has 0 bridgehead atoms. The second-order valence-electron chi connectivity index (χ2n) is 4.68.